The van der Waals surface area contributed by atoms with Crippen LogP contribution in [0.3, 0.4) is 0 Å². The van der Waals surface area contributed by atoms with Gasteiger partial charge in [-0.1, -0.05) is 32.6 Å². The monoisotopic (exact) mass is 358 g/mol. The first kappa shape index (κ1) is 18.3. The Morgan fingerprint density at radius 2 is 1.50 bits per heavy atom. The highest BCUT2D eigenvalue weighted by molar-refractivity contribution is 7.12. The van der Waals surface area contributed by atoms with Crippen molar-refractivity contribution in [2.45, 2.75) is 83.2 Å². The highest BCUT2D eigenvalue weighted by Gasteiger charge is 2.35. The van der Waals surface area contributed by atoms with Crippen molar-refractivity contribution in [3.63, 3.8) is 0 Å². The largest absolute Gasteiger partial charge is 0.425 e. The molecule has 2 saturated carbocycles. The second-order valence-corrected chi connectivity index (χ2v) is 9.00. The molecule has 0 aromatic carbocycles. The van der Waals surface area contributed by atoms with Gasteiger partial charge in [0, 0.05) is 4.88 Å². The van der Waals surface area contributed by atoms with Gasteiger partial charge in [0.15, 0.2) is 0 Å². The highest BCUT2D eigenvalue weighted by Crippen LogP contribution is 2.46. The third-order valence-corrected chi connectivity index (χ3v) is 7.63. The number of alkyl halides is 3. The second-order valence-electron chi connectivity index (χ2n) is 7.88. The predicted octanol–water partition coefficient (Wildman–Crippen LogP) is 7.65. The van der Waals surface area contributed by atoms with Crippen LogP contribution >= 0.6 is 11.3 Å². The van der Waals surface area contributed by atoms with Crippen LogP contribution in [0.4, 0.5) is 13.2 Å². The molecule has 4 heteroatoms. The number of hydrogen-bond acceptors (Lipinski definition) is 1. The average molecular weight is 359 g/mol. The lowest BCUT2D eigenvalue weighted by Gasteiger charge is -2.37. The summed E-state index contributed by atoms with van der Waals surface area (Å²) >= 11 is 0.964. The van der Waals surface area contributed by atoms with E-state index < -0.39 is 11.1 Å². The molecule has 0 atom stereocenters. The molecule has 0 radical (unpaired) electrons. The number of thiophene rings is 1. The molecule has 1 aromatic rings. The van der Waals surface area contributed by atoms with Crippen molar-refractivity contribution < 1.29 is 13.2 Å². The molecule has 0 spiro atoms. The molecule has 0 bridgehead atoms. The van der Waals surface area contributed by atoms with Crippen LogP contribution in [0.2, 0.25) is 0 Å². The summed E-state index contributed by atoms with van der Waals surface area (Å²) in [7, 11) is 0. The van der Waals surface area contributed by atoms with Crippen molar-refractivity contribution >= 4 is 11.3 Å². The van der Waals surface area contributed by atoms with Crippen molar-refractivity contribution in [2.24, 2.45) is 17.8 Å². The van der Waals surface area contributed by atoms with E-state index in [0.717, 1.165) is 46.8 Å². The van der Waals surface area contributed by atoms with E-state index in [1.807, 2.05) is 0 Å². The third kappa shape index (κ3) is 4.36. The van der Waals surface area contributed by atoms with E-state index in [1.165, 1.54) is 57.4 Å². The topological polar surface area (TPSA) is 0 Å². The van der Waals surface area contributed by atoms with Crippen molar-refractivity contribution in [3.8, 4) is 0 Å². The number of hydrogen-bond donors (Lipinski definition) is 0. The summed E-state index contributed by atoms with van der Waals surface area (Å²) in [6.07, 6.45) is 8.68. The van der Waals surface area contributed by atoms with Gasteiger partial charge >= 0.3 is 6.18 Å². The first-order valence-corrected chi connectivity index (χ1v) is 10.5. The zero-order valence-electron chi connectivity index (χ0n) is 14.6. The summed E-state index contributed by atoms with van der Waals surface area (Å²) in [6.45, 7) is 2.28. The molecule has 2 aliphatic carbocycles. The van der Waals surface area contributed by atoms with Crippen molar-refractivity contribution in [3.05, 3.63) is 21.9 Å². The average Bonchev–Trinajstić information content (AvgIpc) is 3.06. The summed E-state index contributed by atoms with van der Waals surface area (Å²) in [5.41, 5.74) is 0. The summed E-state index contributed by atoms with van der Waals surface area (Å²) < 4.78 is 38.3. The Bertz CT molecular complexity index is 503. The molecule has 24 heavy (non-hydrogen) atoms. The Kier molecular flexibility index (Phi) is 5.94. The van der Waals surface area contributed by atoms with Gasteiger partial charge in [-0.25, -0.2) is 0 Å². The molecule has 0 nitrogen and oxygen atoms in total. The fourth-order valence-corrected chi connectivity index (χ4v) is 6.00. The van der Waals surface area contributed by atoms with E-state index in [1.54, 1.807) is 6.07 Å². The number of halogens is 3. The van der Waals surface area contributed by atoms with E-state index >= 15 is 0 Å². The Morgan fingerprint density at radius 3 is 2.00 bits per heavy atom. The molecule has 3 rings (SSSR count). The Morgan fingerprint density at radius 1 is 0.917 bits per heavy atom. The van der Waals surface area contributed by atoms with E-state index in [2.05, 4.69) is 6.92 Å². The van der Waals surface area contributed by atoms with Crippen molar-refractivity contribution in [1.82, 2.24) is 0 Å². The first-order valence-electron chi connectivity index (χ1n) is 9.64. The molecule has 0 saturated heterocycles. The van der Waals surface area contributed by atoms with Crippen molar-refractivity contribution in [1.29, 1.82) is 0 Å². The van der Waals surface area contributed by atoms with E-state index in [0.29, 0.717) is 5.92 Å². The summed E-state index contributed by atoms with van der Waals surface area (Å²) in [5.74, 6) is 3.02. The lowest BCUT2D eigenvalue weighted by atomic mass is 9.68. The molecule has 0 aliphatic heterocycles. The minimum Gasteiger partial charge on any atom is -0.165 e. The van der Waals surface area contributed by atoms with Crippen LogP contribution in [-0.2, 0) is 6.18 Å². The van der Waals surface area contributed by atoms with Gasteiger partial charge in [-0.15, -0.1) is 11.3 Å². The fraction of sp³-hybridized carbons (Fsp3) is 0.800. The Hall–Kier alpha value is -0.510. The third-order valence-electron chi connectivity index (χ3n) is 6.34. The van der Waals surface area contributed by atoms with Gasteiger partial charge < -0.3 is 0 Å². The molecule has 0 unspecified atom stereocenters. The van der Waals surface area contributed by atoms with Crippen LogP contribution < -0.4 is 0 Å². The molecular weight excluding hydrogens is 329 g/mol. The van der Waals surface area contributed by atoms with Crippen LogP contribution in [0.15, 0.2) is 12.1 Å². The van der Waals surface area contributed by atoms with Gasteiger partial charge in [0.05, 0.1) is 0 Å². The summed E-state index contributed by atoms with van der Waals surface area (Å²) in [5, 5.41) is 0. The van der Waals surface area contributed by atoms with Crippen molar-refractivity contribution in [2.75, 3.05) is 0 Å². The van der Waals surface area contributed by atoms with Crippen LogP contribution in [0, 0.1) is 17.8 Å². The zero-order valence-corrected chi connectivity index (χ0v) is 15.4. The van der Waals surface area contributed by atoms with Gasteiger partial charge in [0.25, 0.3) is 0 Å². The lowest BCUT2D eigenvalue weighted by molar-refractivity contribution is -0.134. The Balaban J connectivity index is 1.49. The zero-order chi connectivity index (χ0) is 17.2. The molecule has 0 amide bonds. The molecule has 1 aromatic heterocycles. The number of rotatable bonds is 4. The minimum atomic E-state index is -4.18. The molecule has 1 heterocycles. The maximum atomic E-state index is 12.8. The lowest BCUT2D eigenvalue weighted by Crippen LogP contribution is -2.25. The van der Waals surface area contributed by atoms with Gasteiger partial charge in [-0.2, -0.15) is 13.2 Å². The highest BCUT2D eigenvalue weighted by atomic mass is 32.1. The van der Waals surface area contributed by atoms with Gasteiger partial charge in [-0.3, -0.25) is 0 Å². The van der Waals surface area contributed by atoms with Crippen LogP contribution in [0.5, 0.6) is 0 Å². The standard InChI is InChI=1S/C20H29F3S/c1-2-3-14-4-6-15(7-5-14)16-8-10-17(11-9-16)18-12-13-19(24-18)20(21,22)23/h12-17H,2-11H2,1H3. The fourth-order valence-electron chi connectivity index (χ4n) is 4.96. The van der Waals surface area contributed by atoms with Crippen LogP contribution in [-0.4, -0.2) is 0 Å². The van der Waals surface area contributed by atoms with E-state index in [4.69, 9.17) is 0 Å². The van der Waals surface area contributed by atoms with Gasteiger partial charge in [0.1, 0.15) is 4.88 Å². The normalized spacial score (nSPS) is 32.0. The molecule has 2 aliphatic rings. The van der Waals surface area contributed by atoms with E-state index in [-0.39, 0.29) is 0 Å². The summed E-state index contributed by atoms with van der Waals surface area (Å²) in [6, 6.07) is 2.98. The Labute approximate surface area is 147 Å². The maximum absolute atomic E-state index is 12.8. The molecule has 136 valence electrons. The molecule has 0 N–H and O–H groups in total. The second kappa shape index (κ2) is 7.80. The smallest absolute Gasteiger partial charge is 0.165 e. The van der Waals surface area contributed by atoms with Gasteiger partial charge in [-0.05, 0) is 74.3 Å². The predicted molar refractivity (Wildman–Crippen MR) is 94.4 cm³/mol. The maximum Gasteiger partial charge on any atom is 0.425 e. The molecular formula is C20H29F3S. The van der Waals surface area contributed by atoms with Crippen LogP contribution in [0.25, 0.3) is 0 Å². The van der Waals surface area contributed by atoms with Gasteiger partial charge in [0.2, 0.25) is 0 Å². The molecule has 2 fully saturated rings. The SMILES string of the molecule is CCCC1CCC(C2CCC(c3ccc(C(F)(F)F)s3)CC2)CC1. The first-order chi connectivity index (χ1) is 11.5. The van der Waals surface area contributed by atoms with Crippen LogP contribution in [0.1, 0.15) is 86.8 Å². The van der Waals surface area contributed by atoms with E-state index in [9.17, 15) is 13.2 Å². The minimum absolute atomic E-state index is 0.360. The summed E-state index contributed by atoms with van der Waals surface area (Å²) in [4.78, 5) is 0.515. The quantitative estimate of drug-likeness (QED) is 0.518.